The van der Waals surface area contributed by atoms with Crippen molar-refractivity contribution < 1.29 is 9.90 Å². The van der Waals surface area contributed by atoms with E-state index in [9.17, 15) is 4.79 Å². The molecule has 0 bridgehead atoms. The van der Waals surface area contributed by atoms with Crippen LogP contribution in [0.5, 0.6) is 0 Å². The van der Waals surface area contributed by atoms with Crippen molar-refractivity contribution in [1.29, 1.82) is 0 Å². The maximum absolute atomic E-state index is 9.60. The molecule has 0 saturated heterocycles. The monoisotopic (exact) mass is 362 g/mol. The van der Waals surface area contributed by atoms with E-state index in [1.54, 1.807) is 11.8 Å². The molecule has 0 unspecified atom stereocenters. The van der Waals surface area contributed by atoms with Crippen LogP contribution in [0.4, 0.5) is 0 Å². The summed E-state index contributed by atoms with van der Waals surface area (Å²) < 4.78 is -0.978. The van der Waals surface area contributed by atoms with Crippen LogP contribution in [0.25, 0.3) is 0 Å². The fraction of sp³-hybridized carbons (Fsp3) is 0.600. The Labute approximate surface area is 140 Å². The number of hydrogen-bond donors (Lipinski definition) is 5. The van der Waals surface area contributed by atoms with Crippen LogP contribution in [0.2, 0.25) is 0 Å². The first-order valence-corrected chi connectivity index (χ1v) is 8.10. The van der Waals surface area contributed by atoms with E-state index >= 15 is 0 Å². The van der Waals surface area contributed by atoms with Crippen molar-refractivity contribution in [3.8, 4) is 0 Å². The van der Waals surface area contributed by atoms with Crippen molar-refractivity contribution >= 4 is 85.8 Å². The van der Waals surface area contributed by atoms with E-state index in [0.717, 1.165) is 5.75 Å². The van der Waals surface area contributed by atoms with Crippen LogP contribution in [-0.2, 0) is 4.79 Å². The second-order valence-corrected chi connectivity index (χ2v) is 9.67. The first kappa shape index (κ1) is 21.4. The SMILES string of the molecule is C=C(C)C(=O)O.CCSC(S)(S)CC(S)(S)C=S. The summed E-state index contributed by atoms with van der Waals surface area (Å²) >= 11 is 23.7. The predicted molar refractivity (Wildman–Crippen MR) is 100 cm³/mol. The summed E-state index contributed by atoms with van der Waals surface area (Å²) in [4.78, 5) is 9.60. The van der Waals surface area contributed by atoms with E-state index < -0.39 is 13.5 Å². The molecule has 0 aliphatic heterocycles. The largest absolute Gasteiger partial charge is 0.478 e. The number of aliphatic carboxylic acids is 1. The Kier molecular flexibility index (Phi) is 11.7. The molecule has 0 amide bonds. The first-order chi connectivity index (χ1) is 7.97. The van der Waals surface area contributed by atoms with Gasteiger partial charge in [0.25, 0.3) is 0 Å². The van der Waals surface area contributed by atoms with E-state index in [2.05, 4.69) is 64.0 Å². The Balaban J connectivity index is 0. The lowest BCUT2D eigenvalue weighted by Gasteiger charge is -2.28. The number of carboxylic acids is 1. The van der Waals surface area contributed by atoms with Crippen molar-refractivity contribution in [1.82, 2.24) is 0 Å². The number of rotatable bonds is 6. The second kappa shape index (κ2) is 9.88. The Hall–Kier alpha value is 1.05. The molecule has 0 rings (SSSR count). The molecule has 0 spiro atoms. The molecule has 2 nitrogen and oxygen atoms in total. The van der Waals surface area contributed by atoms with E-state index in [1.165, 1.54) is 12.3 Å². The number of carbonyl (C=O) groups is 1. The molecular formula is C10H18O2S6. The molecule has 0 fully saturated rings. The van der Waals surface area contributed by atoms with Gasteiger partial charge in [-0.2, -0.15) is 50.5 Å². The Morgan fingerprint density at radius 1 is 1.44 bits per heavy atom. The molecule has 0 atom stereocenters. The van der Waals surface area contributed by atoms with Gasteiger partial charge in [0.05, 0.1) is 4.08 Å². The van der Waals surface area contributed by atoms with Crippen molar-refractivity contribution in [3.63, 3.8) is 0 Å². The van der Waals surface area contributed by atoms with Crippen molar-refractivity contribution in [2.24, 2.45) is 0 Å². The molecule has 0 heterocycles. The fourth-order valence-electron chi connectivity index (χ4n) is 0.663. The summed E-state index contributed by atoms with van der Waals surface area (Å²) in [5, 5.41) is 9.42. The van der Waals surface area contributed by atoms with Crippen LogP contribution in [0.1, 0.15) is 20.3 Å². The van der Waals surface area contributed by atoms with Gasteiger partial charge in [-0.1, -0.05) is 25.7 Å². The van der Waals surface area contributed by atoms with Gasteiger partial charge in [0, 0.05) is 17.4 Å². The van der Waals surface area contributed by atoms with Crippen LogP contribution in [-0.4, -0.2) is 29.7 Å². The molecular weight excluding hydrogens is 345 g/mol. The minimum absolute atomic E-state index is 0.176. The molecule has 0 radical (unpaired) electrons. The van der Waals surface area contributed by atoms with Gasteiger partial charge in [0.2, 0.25) is 0 Å². The average Bonchev–Trinajstić information content (AvgIpc) is 2.16. The lowest BCUT2D eigenvalue weighted by atomic mass is 10.3. The predicted octanol–water partition coefficient (Wildman–Crippen LogP) is 3.85. The number of carboxylic acid groups (broad SMARTS) is 1. The lowest BCUT2D eigenvalue weighted by Crippen LogP contribution is -2.24. The highest BCUT2D eigenvalue weighted by Gasteiger charge is 2.30. The van der Waals surface area contributed by atoms with E-state index in [0.29, 0.717) is 6.42 Å². The third-order valence-corrected chi connectivity index (χ3v) is 4.73. The Morgan fingerprint density at radius 2 is 1.83 bits per heavy atom. The van der Waals surface area contributed by atoms with Crippen molar-refractivity contribution in [2.75, 3.05) is 5.75 Å². The summed E-state index contributed by atoms with van der Waals surface area (Å²) in [5.41, 5.74) is 0.176. The molecule has 0 saturated carbocycles. The average molecular weight is 363 g/mol. The van der Waals surface area contributed by atoms with Crippen LogP contribution in [0.15, 0.2) is 12.2 Å². The number of thiocarbonyl (C=S) groups is 1. The minimum Gasteiger partial charge on any atom is -0.478 e. The summed E-state index contributed by atoms with van der Waals surface area (Å²) in [6.07, 6.45) is 0.612. The molecule has 0 aromatic carbocycles. The summed E-state index contributed by atoms with van der Waals surface area (Å²) in [5.74, 6) is 0.0252. The Bertz CT molecular complexity index is 289. The van der Waals surface area contributed by atoms with Crippen LogP contribution in [0.3, 0.4) is 0 Å². The highest BCUT2D eigenvalue weighted by Crippen LogP contribution is 2.43. The first-order valence-electron chi connectivity index (χ1n) is 4.86. The van der Waals surface area contributed by atoms with E-state index in [-0.39, 0.29) is 5.57 Å². The highest BCUT2D eigenvalue weighted by atomic mass is 32.2. The minimum atomic E-state index is -0.935. The van der Waals surface area contributed by atoms with Gasteiger partial charge in [-0.25, -0.2) is 4.79 Å². The summed E-state index contributed by atoms with van der Waals surface area (Å²) in [7, 11) is 0. The van der Waals surface area contributed by atoms with Gasteiger partial charge in [-0.15, -0.1) is 11.8 Å². The van der Waals surface area contributed by atoms with Gasteiger partial charge in [0.15, 0.2) is 0 Å². The second-order valence-electron chi connectivity index (χ2n) is 3.43. The van der Waals surface area contributed by atoms with Crippen molar-refractivity contribution in [3.05, 3.63) is 12.2 Å². The van der Waals surface area contributed by atoms with Crippen LogP contribution >= 0.6 is 74.5 Å². The molecule has 8 heteroatoms. The van der Waals surface area contributed by atoms with Gasteiger partial charge in [0.1, 0.15) is 3.41 Å². The van der Waals surface area contributed by atoms with E-state index in [1.807, 2.05) is 0 Å². The van der Waals surface area contributed by atoms with Gasteiger partial charge in [-0.3, -0.25) is 0 Å². The normalized spacial score (nSPS) is 11.2. The zero-order valence-electron chi connectivity index (χ0n) is 10.2. The summed E-state index contributed by atoms with van der Waals surface area (Å²) in [6, 6.07) is 0. The molecule has 0 aliphatic rings. The maximum Gasteiger partial charge on any atom is 0.330 e. The van der Waals surface area contributed by atoms with Gasteiger partial charge in [-0.05, 0) is 12.7 Å². The maximum atomic E-state index is 9.60. The Morgan fingerprint density at radius 3 is 2.06 bits per heavy atom. The summed E-state index contributed by atoms with van der Waals surface area (Å²) in [6.45, 7) is 6.66. The smallest absolute Gasteiger partial charge is 0.330 e. The lowest BCUT2D eigenvalue weighted by molar-refractivity contribution is -0.132. The molecule has 0 aromatic heterocycles. The standard InChI is InChI=1S/C6H12S6.C4H6O2/c1-2-12-6(10,11)3-5(8,9)4-7;1-3(2)4(5)6/h4,8-11H,2-3H2,1H3;1H2,2H3,(H,5,6). The van der Waals surface area contributed by atoms with Gasteiger partial charge < -0.3 is 5.11 Å². The molecule has 18 heavy (non-hydrogen) atoms. The highest BCUT2D eigenvalue weighted by molar-refractivity contribution is 8.24. The quantitative estimate of drug-likeness (QED) is 0.215. The van der Waals surface area contributed by atoms with Crippen molar-refractivity contribution in [2.45, 2.75) is 27.8 Å². The topological polar surface area (TPSA) is 37.3 Å². The molecule has 0 aliphatic carbocycles. The number of hydrogen-bond acceptors (Lipinski definition) is 7. The third-order valence-electron chi connectivity index (χ3n) is 1.42. The zero-order valence-corrected chi connectivity index (χ0v) is 15.4. The van der Waals surface area contributed by atoms with E-state index in [4.69, 9.17) is 17.3 Å². The van der Waals surface area contributed by atoms with Crippen LogP contribution in [0, 0.1) is 0 Å². The number of thioether (sulfide) groups is 1. The fourth-order valence-corrected chi connectivity index (χ4v) is 4.00. The zero-order chi connectivity index (χ0) is 15.0. The molecule has 1 N–H and O–H groups in total. The third kappa shape index (κ3) is 13.5. The van der Waals surface area contributed by atoms with Crippen LogP contribution < -0.4 is 0 Å². The molecule has 0 aromatic rings. The van der Waals surface area contributed by atoms with Gasteiger partial charge >= 0.3 is 5.97 Å². The number of thiol groups is 4. The molecule has 106 valence electrons.